The second-order valence-corrected chi connectivity index (χ2v) is 0. The van der Waals surface area contributed by atoms with Gasteiger partial charge in [-0.15, -0.1) is 0 Å². The minimum absolute atomic E-state index is 0. The summed E-state index contributed by atoms with van der Waals surface area (Å²) in [6.45, 7) is 0. The molecule has 0 aliphatic rings. The van der Waals surface area contributed by atoms with E-state index in [1.165, 1.54) is 0 Å². The van der Waals surface area contributed by atoms with Gasteiger partial charge >= 0.3 is 29.6 Å². The van der Waals surface area contributed by atoms with E-state index in [9.17, 15) is 0 Å². The van der Waals surface area contributed by atoms with Crippen molar-refractivity contribution in [2.75, 3.05) is 7.11 Å². The van der Waals surface area contributed by atoms with Gasteiger partial charge in [0.25, 0.3) is 0 Å². The minimum atomic E-state index is 0. The van der Waals surface area contributed by atoms with Crippen molar-refractivity contribution in [3.63, 3.8) is 0 Å². The topological polar surface area (TPSA) is 20.2 Å². The third-order valence-corrected chi connectivity index (χ3v) is 0. The molecule has 0 saturated heterocycles. The van der Waals surface area contributed by atoms with Gasteiger partial charge < -0.3 is 5.11 Å². The van der Waals surface area contributed by atoms with Crippen molar-refractivity contribution in [1.82, 2.24) is 0 Å². The predicted octanol–water partition coefficient (Wildman–Crippen LogP) is -0.927. The van der Waals surface area contributed by atoms with Crippen molar-refractivity contribution in [3.05, 3.63) is 0 Å². The first-order valence-corrected chi connectivity index (χ1v) is 0.447. The molecule has 0 aromatic rings. The van der Waals surface area contributed by atoms with Crippen molar-refractivity contribution in [2.45, 2.75) is 0 Å². The molecule has 0 amide bonds. The molecule has 0 bridgehead atoms. The maximum atomic E-state index is 7.00. The van der Waals surface area contributed by atoms with Gasteiger partial charge in [0.1, 0.15) is 0 Å². The maximum absolute atomic E-state index is 7.00. The van der Waals surface area contributed by atoms with Crippen LogP contribution in [0, 0.1) is 0 Å². The van der Waals surface area contributed by atoms with Crippen LogP contribution in [0.4, 0.5) is 0 Å². The molecular weight excluding hydrogens is 83.1 g/mol. The normalized spacial score (nSPS) is 1.50. The van der Waals surface area contributed by atoms with Crippen LogP contribution in [0.5, 0.6) is 0 Å². The molecule has 0 saturated carbocycles. The van der Waals surface area contributed by atoms with Crippen LogP contribution >= 0.6 is 13.5 Å². The molecule has 0 aromatic carbocycles. The summed E-state index contributed by atoms with van der Waals surface area (Å²) < 4.78 is 0. The van der Waals surface area contributed by atoms with E-state index in [0.717, 1.165) is 7.11 Å². The van der Waals surface area contributed by atoms with E-state index < -0.39 is 0 Å². The van der Waals surface area contributed by atoms with Crippen LogP contribution in [0.25, 0.3) is 0 Å². The molecular formula is CH7NaOS. The van der Waals surface area contributed by atoms with Crippen LogP contribution < -0.4 is 0 Å². The fourth-order valence-corrected chi connectivity index (χ4v) is 0. The molecule has 0 heterocycles. The summed E-state index contributed by atoms with van der Waals surface area (Å²) in [7, 11) is 1.00. The van der Waals surface area contributed by atoms with Crippen LogP contribution in [0.2, 0.25) is 0 Å². The summed E-state index contributed by atoms with van der Waals surface area (Å²) in [5.41, 5.74) is 0. The van der Waals surface area contributed by atoms with E-state index in [2.05, 4.69) is 0 Å². The van der Waals surface area contributed by atoms with E-state index in [-0.39, 0.29) is 43.1 Å². The third kappa shape index (κ3) is 10.3. The standard InChI is InChI=1S/CH4O.Na.H2S.H/c1-2;;;/h2H,1H3;;1H2;. The zero-order valence-corrected chi connectivity index (χ0v) is 2.95. The summed E-state index contributed by atoms with van der Waals surface area (Å²) >= 11 is 0. The summed E-state index contributed by atoms with van der Waals surface area (Å²) in [5, 5.41) is 7.00. The fourth-order valence-electron chi connectivity index (χ4n) is 0. The van der Waals surface area contributed by atoms with Gasteiger partial charge in [-0.25, -0.2) is 0 Å². The molecule has 0 rings (SSSR count). The third-order valence-electron chi connectivity index (χ3n) is 0. The molecule has 24 valence electrons. The average Bonchev–Trinajstić information content (AvgIpc) is 1.00. The molecule has 0 spiro atoms. The summed E-state index contributed by atoms with van der Waals surface area (Å²) in [4.78, 5) is 0. The quantitative estimate of drug-likeness (QED) is 0.381. The Balaban J connectivity index is -0.00000000500. The van der Waals surface area contributed by atoms with E-state index in [4.69, 9.17) is 5.11 Å². The van der Waals surface area contributed by atoms with Gasteiger partial charge in [-0.1, -0.05) is 0 Å². The molecule has 4 heavy (non-hydrogen) atoms. The molecule has 1 N–H and O–H groups in total. The van der Waals surface area contributed by atoms with Crippen LogP contribution in [-0.2, 0) is 0 Å². The first kappa shape index (κ1) is 18.5. The van der Waals surface area contributed by atoms with Crippen LogP contribution in [0.1, 0.15) is 0 Å². The van der Waals surface area contributed by atoms with Gasteiger partial charge in [0.15, 0.2) is 0 Å². The van der Waals surface area contributed by atoms with Crippen molar-refractivity contribution in [3.8, 4) is 0 Å². The zero-order chi connectivity index (χ0) is 2.00. The number of hydrogen-bond acceptors (Lipinski definition) is 1. The molecule has 0 aliphatic heterocycles. The second kappa shape index (κ2) is 27.5. The van der Waals surface area contributed by atoms with Crippen LogP contribution in [0.15, 0.2) is 0 Å². The van der Waals surface area contributed by atoms with E-state index in [1.807, 2.05) is 0 Å². The molecule has 0 unspecified atom stereocenters. The van der Waals surface area contributed by atoms with Crippen molar-refractivity contribution in [1.29, 1.82) is 0 Å². The summed E-state index contributed by atoms with van der Waals surface area (Å²) in [6, 6.07) is 0. The van der Waals surface area contributed by atoms with Gasteiger partial charge in [-0.05, 0) is 0 Å². The first-order valence-electron chi connectivity index (χ1n) is 0.447. The molecule has 3 heteroatoms. The molecule has 0 aliphatic carbocycles. The Bertz CT molecular complexity index is 8.00. The number of hydrogen-bond donors (Lipinski definition) is 1. The van der Waals surface area contributed by atoms with Gasteiger partial charge in [0, 0.05) is 7.11 Å². The van der Waals surface area contributed by atoms with Gasteiger partial charge in [-0.3, -0.25) is 0 Å². The monoisotopic (exact) mass is 90.0 g/mol. The van der Waals surface area contributed by atoms with Gasteiger partial charge in [0.05, 0.1) is 0 Å². The van der Waals surface area contributed by atoms with Crippen molar-refractivity contribution < 1.29 is 5.11 Å². The van der Waals surface area contributed by atoms with Crippen LogP contribution in [-0.4, -0.2) is 41.8 Å². The Morgan fingerprint density at radius 2 is 1.25 bits per heavy atom. The summed E-state index contributed by atoms with van der Waals surface area (Å²) in [5.74, 6) is 0. The fraction of sp³-hybridized carbons (Fsp3) is 1.00. The van der Waals surface area contributed by atoms with E-state index >= 15 is 0 Å². The van der Waals surface area contributed by atoms with Crippen LogP contribution in [0.3, 0.4) is 0 Å². The SMILES string of the molecule is CO.S.[NaH]. The van der Waals surface area contributed by atoms with E-state index in [0.29, 0.717) is 0 Å². The molecule has 0 atom stereocenters. The molecule has 0 radical (unpaired) electrons. The van der Waals surface area contributed by atoms with Crippen molar-refractivity contribution >= 4 is 43.1 Å². The zero-order valence-electron chi connectivity index (χ0n) is 1.95. The molecule has 0 aromatic heterocycles. The predicted molar refractivity (Wildman–Crippen MR) is 25.7 cm³/mol. The van der Waals surface area contributed by atoms with Crippen molar-refractivity contribution in [2.24, 2.45) is 0 Å². The average molecular weight is 90.1 g/mol. The first-order chi connectivity index (χ1) is 1.00. The number of rotatable bonds is 0. The summed E-state index contributed by atoms with van der Waals surface area (Å²) in [6.07, 6.45) is 0. The Morgan fingerprint density at radius 1 is 1.25 bits per heavy atom. The Hall–Kier alpha value is 1.31. The Morgan fingerprint density at radius 3 is 1.25 bits per heavy atom. The number of aliphatic hydroxyl groups is 1. The Labute approximate surface area is 55.1 Å². The van der Waals surface area contributed by atoms with Gasteiger partial charge in [0.2, 0.25) is 0 Å². The molecule has 0 fully saturated rings. The van der Waals surface area contributed by atoms with E-state index in [1.54, 1.807) is 0 Å². The van der Waals surface area contributed by atoms with Gasteiger partial charge in [-0.2, -0.15) is 13.5 Å². The second-order valence-electron chi connectivity index (χ2n) is 0. The number of aliphatic hydroxyl groups excluding tert-OH is 1. The molecule has 1 nitrogen and oxygen atoms in total. The Kier molecular flexibility index (Phi) is 127.